The minimum Gasteiger partial charge on any atom is -0.493 e. The molecule has 0 fully saturated rings. The summed E-state index contributed by atoms with van der Waals surface area (Å²) in [5, 5.41) is 7.80. The quantitative estimate of drug-likeness (QED) is 0.590. The van der Waals surface area contributed by atoms with Gasteiger partial charge in [0, 0.05) is 23.1 Å². The van der Waals surface area contributed by atoms with Crippen LogP contribution in [0.15, 0.2) is 48.5 Å². The number of hydrogen-bond acceptors (Lipinski definition) is 5. The van der Waals surface area contributed by atoms with Crippen LogP contribution >= 0.6 is 11.8 Å². The summed E-state index contributed by atoms with van der Waals surface area (Å²) in [5.41, 5.74) is 5.04. The lowest BCUT2D eigenvalue weighted by Crippen LogP contribution is -2.14. The van der Waals surface area contributed by atoms with Gasteiger partial charge >= 0.3 is 0 Å². The molecular formula is C23H23N3O3S. The molecule has 7 heteroatoms. The number of nitrogens with one attached hydrogen (secondary N) is 1. The van der Waals surface area contributed by atoms with Gasteiger partial charge in [0.05, 0.1) is 25.6 Å². The Labute approximate surface area is 179 Å². The first-order valence-corrected chi connectivity index (χ1v) is 10.7. The molecule has 0 aliphatic carbocycles. The van der Waals surface area contributed by atoms with Crippen molar-refractivity contribution in [3.05, 3.63) is 70.9 Å². The van der Waals surface area contributed by atoms with E-state index in [9.17, 15) is 4.79 Å². The Morgan fingerprint density at radius 2 is 1.93 bits per heavy atom. The lowest BCUT2D eigenvalue weighted by molar-refractivity contribution is -0.111. The molecule has 0 bridgehead atoms. The second-order valence-corrected chi connectivity index (χ2v) is 7.89. The number of carbonyl (C=O) groups is 1. The fourth-order valence-corrected chi connectivity index (χ4v) is 4.44. The molecule has 1 aliphatic rings. The number of nitrogens with zero attached hydrogens (tertiary/aromatic N) is 2. The molecule has 4 rings (SSSR count). The van der Waals surface area contributed by atoms with Crippen molar-refractivity contribution in [1.82, 2.24) is 9.78 Å². The van der Waals surface area contributed by atoms with Crippen molar-refractivity contribution < 1.29 is 14.3 Å². The van der Waals surface area contributed by atoms with Crippen LogP contribution in [0.1, 0.15) is 22.4 Å². The Balaban J connectivity index is 1.60. The molecule has 0 atom stereocenters. The van der Waals surface area contributed by atoms with E-state index in [1.807, 2.05) is 54.1 Å². The highest BCUT2D eigenvalue weighted by Crippen LogP contribution is 2.36. The standard InChI is InChI=1S/C23H23N3O3S/c1-15-6-4-5-7-19(15)26-23(17-13-30-14-18(17)25-26)24-22(27)11-9-16-8-10-20(28-2)21(12-16)29-3/h4-12H,13-14H2,1-3H3,(H,24,27)/b11-9-. The monoisotopic (exact) mass is 421 g/mol. The molecule has 2 heterocycles. The Morgan fingerprint density at radius 1 is 1.13 bits per heavy atom. The summed E-state index contributed by atoms with van der Waals surface area (Å²) in [4.78, 5) is 12.7. The maximum absolute atomic E-state index is 12.7. The van der Waals surface area contributed by atoms with Crippen molar-refractivity contribution in [3.63, 3.8) is 0 Å². The summed E-state index contributed by atoms with van der Waals surface area (Å²) in [5.74, 6) is 3.50. The van der Waals surface area contributed by atoms with Crippen LogP contribution in [0.5, 0.6) is 11.5 Å². The molecule has 0 saturated heterocycles. The molecule has 0 spiro atoms. The Kier molecular flexibility index (Phi) is 5.81. The molecule has 1 N–H and O–H groups in total. The molecule has 6 nitrogen and oxygen atoms in total. The van der Waals surface area contributed by atoms with E-state index >= 15 is 0 Å². The average molecular weight is 422 g/mol. The number of methoxy groups -OCH3 is 2. The van der Waals surface area contributed by atoms with Gasteiger partial charge in [0.25, 0.3) is 0 Å². The van der Waals surface area contributed by atoms with Crippen LogP contribution < -0.4 is 14.8 Å². The van der Waals surface area contributed by atoms with E-state index in [0.717, 1.165) is 45.4 Å². The van der Waals surface area contributed by atoms with Crippen LogP contribution in [0.4, 0.5) is 5.82 Å². The van der Waals surface area contributed by atoms with Crippen LogP contribution in [-0.2, 0) is 16.3 Å². The minimum atomic E-state index is -0.209. The van der Waals surface area contributed by atoms with E-state index in [4.69, 9.17) is 14.6 Å². The number of para-hydroxylation sites is 1. The van der Waals surface area contributed by atoms with Crippen molar-refractivity contribution in [2.24, 2.45) is 0 Å². The van der Waals surface area contributed by atoms with E-state index in [-0.39, 0.29) is 5.91 Å². The number of carbonyl (C=O) groups excluding carboxylic acids is 1. The maximum atomic E-state index is 12.7. The Morgan fingerprint density at radius 3 is 2.70 bits per heavy atom. The molecule has 0 unspecified atom stereocenters. The predicted octanol–water partition coefficient (Wildman–Crippen LogP) is 4.60. The first kappa shape index (κ1) is 20.1. The van der Waals surface area contributed by atoms with E-state index < -0.39 is 0 Å². The molecular weight excluding hydrogens is 398 g/mol. The number of aryl methyl sites for hydroxylation is 1. The summed E-state index contributed by atoms with van der Waals surface area (Å²) in [7, 11) is 3.18. The van der Waals surface area contributed by atoms with Gasteiger partial charge in [0.15, 0.2) is 11.5 Å². The van der Waals surface area contributed by atoms with Crippen molar-refractivity contribution in [2.45, 2.75) is 18.4 Å². The molecule has 0 radical (unpaired) electrons. The van der Waals surface area contributed by atoms with E-state index in [1.165, 1.54) is 6.08 Å². The number of fused-ring (bicyclic) bond motifs is 1. The second kappa shape index (κ2) is 8.67. The highest BCUT2D eigenvalue weighted by molar-refractivity contribution is 7.98. The summed E-state index contributed by atoms with van der Waals surface area (Å²) in [6, 6.07) is 13.5. The van der Waals surface area contributed by atoms with Gasteiger partial charge in [-0.15, -0.1) is 0 Å². The van der Waals surface area contributed by atoms with Crippen molar-refractivity contribution in [3.8, 4) is 17.2 Å². The minimum absolute atomic E-state index is 0.209. The number of hydrogen-bond donors (Lipinski definition) is 1. The summed E-state index contributed by atoms with van der Waals surface area (Å²) < 4.78 is 12.4. The Bertz CT molecular complexity index is 1120. The van der Waals surface area contributed by atoms with Gasteiger partial charge in [0.2, 0.25) is 5.91 Å². The smallest absolute Gasteiger partial charge is 0.249 e. The second-order valence-electron chi connectivity index (χ2n) is 6.90. The molecule has 1 aliphatic heterocycles. The normalized spacial score (nSPS) is 12.8. The van der Waals surface area contributed by atoms with Crippen molar-refractivity contribution in [1.29, 1.82) is 0 Å². The zero-order chi connectivity index (χ0) is 21.1. The van der Waals surface area contributed by atoms with Crippen LogP contribution in [0.3, 0.4) is 0 Å². The highest BCUT2D eigenvalue weighted by atomic mass is 32.2. The van der Waals surface area contributed by atoms with Gasteiger partial charge in [-0.25, -0.2) is 4.68 Å². The summed E-state index contributed by atoms with van der Waals surface area (Å²) in [6.45, 7) is 2.04. The molecule has 0 saturated carbocycles. The largest absolute Gasteiger partial charge is 0.493 e. The number of aromatic nitrogens is 2. The number of amides is 1. The van der Waals surface area contributed by atoms with Gasteiger partial charge < -0.3 is 14.8 Å². The summed E-state index contributed by atoms with van der Waals surface area (Å²) >= 11 is 1.81. The number of anilines is 1. The molecule has 3 aromatic rings. The third kappa shape index (κ3) is 3.93. The number of ether oxygens (including phenoxy) is 2. The molecule has 2 aromatic carbocycles. The van der Waals surface area contributed by atoms with E-state index in [0.29, 0.717) is 11.5 Å². The number of thioether (sulfide) groups is 1. The van der Waals surface area contributed by atoms with Crippen molar-refractivity contribution in [2.75, 3.05) is 19.5 Å². The molecule has 154 valence electrons. The lowest BCUT2D eigenvalue weighted by atomic mass is 10.2. The molecule has 1 aromatic heterocycles. The number of benzene rings is 2. The lowest BCUT2D eigenvalue weighted by Gasteiger charge is -2.12. The first-order chi connectivity index (χ1) is 14.6. The van der Waals surface area contributed by atoms with E-state index in [2.05, 4.69) is 5.32 Å². The average Bonchev–Trinajstić information content (AvgIpc) is 3.35. The van der Waals surface area contributed by atoms with Crippen LogP contribution in [0, 0.1) is 6.92 Å². The fourth-order valence-electron chi connectivity index (χ4n) is 3.40. The third-order valence-electron chi connectivity index (χ3n) is 4.97. The fraction of sp³-hybridized carbons (Fsp3) is 0.217. The van der Waals surface area contributed by atoms with E-state index in [1.54, 1.807) is 32.1 Å². The van der Waals surface area contributed by atoms with Crippen LogP contribution in [0.25, 0.3) is 11.8 Å². The van der Waals surface area contributed by atoms with Gasteiger partial charge in [-0.1, -0.05) is 24.3 Å². The zero-order valence-electron chi connectivity index (χ0n) is 17.1. The van der Waals surface area contributed by atoms with Crippen LogP contribution in [-0.4, -0.2) is 29.9 Å². The third-order valence-corrected chi connectivity index (χ3v) is 5.94. The van der Waals surface area contributed by atoms with Gasteiger partial charge in [-0.3, -0.25) is 4.79 Å². The van der Waals surface area contributed by atoms with Gasteiger partial charge in [-0.05, 0) is 42.3 Å². The van der Waals surface area contributed by atoms with Crippen LogP contribution in [0.2, 0.25) is 0 Å². The first-order valence-electron chi connectivity index (χ1n) is 9.56. The van der Waals surface area contributed by atoms with Gasteiger partial charge in [0.1, 0.15) is 5.82 Å². The molecule has 30 heavy (non-hydrogen) atoms. The predicted molar refractivity (Wildman–Crippen MR) is 121 cm³/mol. The topological polar surface area (TPSA) is 65.4 Å². The van der Waals surface area contributed by atoms with Crippen molar-refractivity contribution >= 4 is 29.6 Å². The Hall–Kier alpha value is -3.19. The number of rotatable bonds is 6. The highest BCUT2D eigenvalue weighted by Gasteiger charge is 2.24. The molecule has 1 amide bonds. The maximum Gasteiger partial charge on any atom is 0.249 e. The SMILES string of the molecule is COc1ccc(/C=C\C(=O)Nc2c3c(nn2-c2ccccc2C)CSC3)cc1OC. The van der Waals surface area contributed by atoms with Gasteiger partial charge in [-0.2, -0.15) is 16.9 Å². The zero-order valence-corrected chi connectivity index (χ0v) is 18.0. The summed E-state index contributed by atoms with van der Waals surface area (Å²) in [6.07, 6.45) is 3.27.